The van der Waals surface area contributed by atoms with Gasteiger partial charge in [-0.05, 0) is 62.0 Å². The van der Waals surface area contributed by atoms with Crippen LogP contribution in [-0.4, -0.2) is 75.5 Å². The number of nitrogens with one attached hydrogen (secondary N) is 3. The predicted octanol–water partition coefficient (Wildman–Crippen LogP) is 3.67. The number of imidazole rings is 2. The summed E-state index contributed by atoms with van der Waals surface area (Å²) in [7, 11) is 2.16. The van der Waals surface area contributed by atoms with Gasteiger partial charge in [-0.1, -0.05) is 6.07 Å². The number of carbonyl (C=O) groups is 1. The largest absolute Gasteiger partial charge is 0.354 e. The normalized spacial score (nSPS) is 14.6. The van der Waals surface area contributed by atoms with Crippen molar-refractivity contribution in [3.8, 4) is 22.8 Å². The maximum Gasteiger partial charge on any atom is 0.251 e. The van der Waals surface area contributed by atoms with Gasteiger partial charge in [0.2, 0.25) is 0 Å². The molecule has 3 N–H and O–H groups in total. The van der Waals surface area contributed by atoms with Gasteiger partial charge in [0.15, 0.2) is 11.6 Å². The van der Waals surface area contributed by atoms with E-state index in [1.807, 2.05) is 37.4 Å². The Hall–Kier alpha value is -4.24. The second kappa shape index (κ2) is 9.09. The number of aromatic nitrogens is 5. The lowest BCUT2D eigenvalue weighted by Gasteiger charge is -2.34. The van der Waals surface area contributed by atoms with Crippen molar-refractivity contribution in [2.75, 3.05) is 44.7 Å². The van der Waals surface area contributed by atoms with Gasteiger partial charge >= 0.3 is 0 Å². The van der Waals surface area contributed by atoms with E-state index in [1.165, 1.54) is 0 Å². The molecule has 3 aromatic heterocycles. The number of amides is 1. The predicted molar refractivity (Wildman–Crippen MR) is 142 cm³/mol. The average Bonchev–Trinajstić information content (AvgIpc) is 3.52. The van der Waals surface area contributed by atoms with Crippen molar-refractivity contribution >= 4 is 33.8 Å². The van der Waals surface area contributed by atoms with E-state index in [0.717, 1.165) is 65.2 Å². The van der Waals surface area contributed by atoms with E-state index in [2.05, 4.69) is 55.3 Å². The molecule has 1 fully saturated rings. The van der Waals surface area contributed by atoms with Crippen molar-refractivity contribution in [3.05, 3.63) is 60.3 Å². The van der Waals surface area contributed by atoms with Gasteiger partial charge in [0.1, 0.15) is 5.82 Å². The van der Waals surface area contributed by atoms with Crippen LogP contribution in [0.3, 0.4) is 0 Å². The Labute approximate surface area is 208 Å². The molecule has 0 unspecified atom stereocenters. The van der Waals surface area contributed by atoms with Crippen molar-refractivity contribution in [3.63, 3.8) is 0 Å². The van der Waals surface area contributed by atoms with E-state index >= 15 is 0 Å². The molecule has 1 saturated heterocycles. The van der Waals surface area contributed by atoms with Crippen LogP contribution in [0.25, 0.3) is 44.8 Å². The molecule has 0 atom stereocenters. The fourth-order valence-corrected chi connectivity index (χ4v) is 4.71. The van der Waals surface area contributed by atoms with Crippen LogP contribution in [0.4, 0.5) is 5.82 Å². The minimum Gasteiger partial charge on any atom is -0.354 e. The van der Waals surface area contributed by atoms with Gasteiger partial charge in [0, 0.05) is 50.0 Å². The lowest BCUT2D eigenvalue weighted by atomic mass is 10.1. The Bertz CT molecular complexity index is 1560. The number of benzene rings is 2. The summed E-state index contributed by atoms with van der Waals surface area (Å²) in [5.74, 6) is 2.21. The first-order chi connectivity index (χ1) is 17.6. The van der Waals surface area contributed by atoms with E-state index in [1.54, 1.807) is 6.07 Å². The highest BCUT2D eigenvalue weighted by atomic mass is 16.1. The van der Waals surface area contributed by atoms with E-state index in [-0.39, 0.29) is 5.91 Å². The number of rotatable bonds is 5. The summed E-state index contributed by atoms with van der Waals surface area (Å²) in [6.45, 7) is 6.47. The molecule has 0 saturated carbocycles. The van der Waals surface area contributed by atoms with E-state index < -0.39 is 0 Å². The highest BCUT2D eigenvalue weighted by Crippen LogP contribution is 2.32. The standard InChI is InChI=1S/C27H28N8O/c1-3-28-27(36)18-7-9-21-23(16-18)33-25(31-21)24-30-20-8-6-17(15-22(20)32-24)19-5-4-10-29-26(19)35-13-11-34(2)12-14-35/h4-10,15-16H,3,11-14H2,1-2H3,(H,28,36)(H,30,32)(H,31,33). The van der Waals surface area contributed by atoms with Crippen LogP contribution >= 0.6 is 0 Å². The topological polar surface area (TPSA) is 106 Å². The molecule has 0 bridgehead atoms. The highest BCUT2D eigenvalue weighted by Gasteiger charge is 2.19. The number of carbonyl (C=O) groups excluding carboxylic acids is 1. The summed E-state index contributed by atoms with van der Waals surface area (Å²) in [5, 5.41) is 2.83. The van der Waals surface area contributed by atoms with E-state index in [9.17, 15) is 4.79 Å². The molecule has 36 heavy (non-hydrogen) atoms. The second-order valence-electron chi connectivity index (χ2n) is 9.16. The molecule has 0 radical (unpaired) electrons. The van der Waals surface area contributed by atoms with Gasteiger partial charge in [-0.15, -0.1) is 0 Å². The van der Waals surface area contributed by atoms with Crippen LogP contribution in [0.1, 0.15) is 17.3 Å². The van der Waals surface area contributed by atoms with Crippen molar-refractivity contribution in [1.82, 2.24) is 35.1 Å². The van der Waals surface area contributed by atoms with Crippen molar-refractivity contribution in [2.24, 2.45) is 0 Å². The second-order valence-corrected chi connectivity index (χ2v) is 9.16. The first-order valence-corrected chi connectivity index (χ1v) is 12.3. The van der Waals surface area contributed by atoms with Crippen LogP contribution in [0, 0.1) is 0 Å². The number of hydrogen-bond acceptors (Lipinski definition) is 6. The monoisotopic (exact) mass is 480 g/mol. The molecule has 9 nitrogen and oxygen atoms in total. The van der Waals surface area contributed by atoms with Crippen molar-refractivity contribution in [2.45, 2.75) is 6.92 Å². The van der Waals surface area contributed by atoms with Crippen LogP contribution in [0.2, 0.25) is 0 Å². The smallest absolute Gasteiger partial charge is 0.251 e. The molecular weight excluding hydrogens is 452 g/mol. The SMILES string of the molecule is CCNC(=O)c1ccc2nc(-c3nc4ccc(-c5cccnc5N5CCN(C)CC5)cc4[nH]3)[nH]c2c1. The highest BCUT2D eigenvalue weighted by molar-refractivity contribution is 5.97. The number of nitrogens with zero attached hydrogens (tertiary/aromatic N) is 5. The zero-order valence-corrected chi connectivity index (χ0v) is 20.4. The van der Waals surface area contributed by atoms with E-state index in [4.69, 9.17) is 9.97 Å². The first-order valence-electron chi connectivity index (χ1n) is 12.3. The minimum atomic E-state index is -0.0989. The minimum absolute atomic E-state index is 0.0989. The molecule has 5 aromatic rings. The average molecular weight is 481 g/mol. The zero-order chi connectivity index (χ0) is 24.6. The van der Waals surface area contributed by atoms with Gasteiger partial charge < -0.3 is 25.1 Å². The van der Waals surface area contributed by atoms with Gasteiger partial charge in [-0.2, -0.15) is 0 Å². The molecule has 4 heterocycles. The third-order valence-electron chi connectivity index (χ3n) is 6.69. The molecular formula is C27H28N8O. The Kier molecular flexibility index (Phi) is 5.61. The van der Waals surface area contributed by atoms with E-state index in [0.29, 0.717) is 23.8 Å². The molecule has 1 aliphatic rings. The van der Waals surface area contributed by atoms with Gasteiger partial charge in [0.25, 0.3) is 5.91 Å². The summed E-state index contributed by atoms with van der Waals surface area (Å²) in [6.07, 6.45) is 1.86. The summed E-state index contributed by atoms with van der Waals surface area (Å²) in [5.41, 5.74) is 6.17. The number of fused-ring (bicyclic) bond motifs is 2. The number of likely N-dealkylation sites (N-methyl/N-ethyl adjacent to an activating group) is 1. The van der Waals surface area contributed by atoms with Crippen molar-refractivity contribution < 1.29 is 4.79 Å². The van der Waals surface area contributed by atoms with Gasteiger partial charge in [0.05, 0.1) is 22.1 Å². The number of piperazine rings is 1. The molecule has 9 heteroatoms. The van der Waals surface area contributed by atoms with Crippen LogP contribution in [0.15, 0.2) is 54.7 Å². The number of aromatic amines is 2. The Morgan fingerprint density at radius 2 is 1.64 bits per heavy atom. The summed E-state index contributed by atoms with van der Waals surface area (Å²) >= 11 is 0. The summed E-state index contributed by atoms with van der Waals surface area (Å²) < 4.78 is 0. The molecule has 182 valence electrons. The molecule has 0 spiro atoms. The Balaban J connectivity index is 1.33. The maximum atomic E-state index is 12.2. The Morgan fingerprint density at radius 1 is 0.944 bits per heavy atom. The molecule has 2 aromatic carbocycles. The maximum absolute atomic E-state index is 12.2. The molecule has 6 rings (SSSR count). The lowest BCUT2D eigenvalue weighted by Crippen LogP contribution is -2.45. The first kappa shape index (κ1) is 22.2. The zero-order valence-electron chi connectivity index (χ0n) is 20.4. The van der Waals surface area contributed by atoms with Crippen LogP contribution < -0.4 is 10.2 Å². The van der Waals surface area contributed by atoms with Gasteiger partial charge in [-0.3, -0.25) is 4.79 Å². The summed E-state index contributed by atoms with van der Waals surface area (Å²) in [6, 6.07) is 15.8. The fourth-order valence-electron chi connectivity index (χ4n) is 4.71. The number of H-pyrrole nitrogens is 2. The third kappa shape index (κ3) is 4.07. The van der Waals surface area contributed by atoms with Crippen LogP contribution in [-0.2, 0) is 0 Å². The summed E-state index contributed by atoms with van der Waals surface area (Å²) in [4.78, 5) is 37.8. The number of hydrogen-bond donors (Lipinski definition) is 3. The lowest BCUT2D eigenvalue weighted by molar-refractivity contribution is 0.0956. The molecule has 1 aliphatic heterocycles. The van der Waals surface area contributed by atoms with Crippen LogP contribution in [0.5, 0.6) is 0 Å². The number of anilines is 1. The Morgan fingerprint density at radius 3 is 2.36 bits per heavy atom. The fraction of sp³-hybridized carbons (Fsp3) is 0.259. The molecule has 1 amide bonds. The molecule has 0 aliphatic carbocycles. The van der Waals surface area contributed by atoms with Crippen molar-refractivity contribution in [1.29, 1.82) is 0 Å². The van der Waals surface area contributed by atoms with Gasteiger partial charge in [-0.25, -0.2) is 15.0 Å². The third-order valence-corrected chi connectivity index (χ3v) is 6.69. The number of pyridine rings is 1. The quantitative estimate of drug-likeness (QED) is 0.354.